The lowest BCUT2D eigenvalue weighted by Crippen LogP contribution is -2.10. The molecule has 0 spiro atoms. The van der Waals surface area contributed by atoms with Gasteiger partial charge >= 0.3 is 0 Å². The predicted molar refractivity (Wildman–Crippen MR) is 72.7 cm³/mol. The van der Waals surface area contributed by atoms with E-state index in [9.17, 15) is 0 Å². The Morgan fingerprint density at radius 2 is 2.12 bits per heavy atom. The number of fused-ring (bicyclic) bond motifs is 1. The highest BCUT2D eigenvalue weighted by atomic mass is 79.9. The second kappa shape index (κ2) is 4.82. The molecule has 0 radical (unpaired) electrons. The molecule has 0 amide bonds. The van der Waals surface area contributed by atoms with Crippen LogP contribution in [0.15, 0.2) is 35.5 Å². The number of aromatic nitrogens is 3. The average Bonchev–Trinajstić information content (AvgIpc) is 2.92. The van der Waals surface area contributed by atoms with E-state index in [4.69, 9.17) is 0 Å². The highest BCUT2D eigenvalue weighted by Crippen LogP contribution is 2.32. The van der Waals surface area contributed by atoms with Crippen LogP contribution in [0.5, 0.6) is 0 Å². The zero-order valence-electron chi connectivity index (χ0n) is 9.21. The van der Waals surface area contributed by atoms with Crippen molar-refractivity contribution in [2.75, 3.05) is 5.33 Å². The van der Waals surface area contributed by atoms with Gasteiger partial charge in [0.25, 0.3) is 0 Å². The highest BCUT2D eigenvalue weighted by molar-refractivity contribution is 9.09. The van der Waals surface area contributed by atoms with Crippen molar-refractivity contribution in [3.05, 3.63) is 41.7 Å². The number of alkyl halides is 1. The Hall–Kier alpha value is -0.810. The first-order valence-electron chi connectivity index (χ1n) is 5.55. The van der Waals surface area contributed by atoms with Gasteiger partial charge in [0.1, 0.15) is 5.82 Å². The summed E-state index contributed by atoms with van der Waals surface area (Å²) in [6.07, 6.45) is 0.864. The molecule has 88 valence electrons. The molecule has 1 aromatic heterocycles. The van der Waals surface area contributed by atoms with Gasteiger partial charge in [-0.25, -0.2) is 0 Å². The first-order valence-corrected chi connectivity index (χ1v) is 7.55. The molecule has 5 heteroatoms. The van der Waals surface area contributed by atoms with Crippen LogP contribution in [-0.2, 0) is 13.0 Å². The molecule has 1 aromatic carbocycles. The summed E-state index contributed by atoms with van der Waals surface area (Å²) in [5, 5.41) is 11.2. The number of nitrogens with zero attached hydrogens (tertiary/aromatic N) is 3. The fourth-order valence-corrected chi connectivity index (χ4v) is 3.55. The van der Waals surface area contributed by atoms with Gasteiger partial charge in [-0.05, 0) is 5.56 Å². The summed E-state index contributed by atoms with van der Waals surface area (Å²) in [5.74, 6) is 1.07. The molecule has 3 rings (SSSR count). The standard InChI is InChI=1S/C12H12BrN3S/c13-7-10-8-16-11(14-15-12(16)17-10)6-9-4-2-1-3-5-9/h1-5,10H,6-8H2/t10-/m0/s1. The van der Waals surface area contributed by atoms with E-state index in [1.807, 2.05) is 17.8 Å². The van der Waals surface area contributed by atoms with Gasteiger partial charge < -0.3 is 4.57 Å². The van der Waals surface area contributed by atoms with Crippen molar-refractivity contribution in [1.82, 2.24) is 14.8 Å². The Morgan fingerprint density at radius 3 is 2.88 bits per heavy atom. The van der Waals surface area contributed by atoms with Gasteiger partial charge in [-0.3, -0.25) is 0 Å². The largest absolute Gasteiger partial charge is 0.305 e. The van der Waals surface area contributed by atoms with E-state index in [-0.39, 0.29) is 0 Å². The summed E-state index contributed by atoms with van der Waals surface area (Å²) in [4.78, 5) is 0. The van der Waals surface area contributed by atoms with Crippen LogP contribution in [0.25, 0.3) is 0 Å². The highest BCUT2D eigenvalue weighted by Gasteiger charge is 2.25. The quantitative estimate of drug-likeness (QED) is 0.817. The number of halogens is 1. The average molecular weight is 310 g/mol. The molecule has 0 saturated carbocycles. The van der Waals surface area contributed by atoms with Crippen molar-refractivity contribution in [1.29, 1.82) is 0 Å². The second-order valence-electron chi connectivity index (χ2n) is 4.07. The van der Waals surface area contributed by atoms with Gasteiger partial charge in [0, 0.05) is 23.5 Å². The fourth-order valence-electron chi connectivity index (χ4n) is 1.97. The summed E-state index contributed by atoms with van der Waals surface area (Å²) in [6.45, 7) is 1.01. The zero-order chi connectivity index (χ0) is 11.7. The van der Waals surface area contributed by atoms with Crippen molar-refractivity contribution in [2.45, 2.75) is 23.4 Å². The number of hydrogen-bond acceptors (Lipinski definition) is 3. The van der Waals surface area contributed by atoms with Crippen LogP contribution in [0.1, 0.15) is 11.4 Å². The molecular weight excluding hydrogens is 298 g/mol. The molecule has 0 saturated heterocycles. The predicted octanol–water partition coefficient (Wildman–Crippen LogP) is 2.74. The van der Waals surface area contributed by atoms with Gasteiger partial charge in [-0.15, -0.1) is 10.2 Å². The number of thioether (sulfide) groups is 1. The molecule has 0 fully saturated rings. The number of hydrogen-bond donors (Lipinski definition) is 0. The van der Waals surface area contributed by atoms with Crippen LogP contribution in [-0.4, -0.2) is 25.3 Å². The molecular formula is C12H12BrN3S. The van der Waals surface area contributed by atoms with E-state index in [2.05, 4.69) is 55.0 Å². The summed E-state index contributed by atoms with van der Waals surface area (Å²) < 4.78 is 2.24. The molecule has 1 atom stereocenters. The smallest absolute Gasteiger partial charge is 0.191 e. The molecule has 0 aliphatic carbocycles. The van der Waals surface area contributed by atoms with Crippen molar-refractivity contribution in [2.24, 2.45) is 0 Å². The van der Waals surface area contributed by atoms with Gasteiger partial charge in [-0.1, -0.05) is 58.0 Å². The minimum atomic E-state index is 0.593. The Morgan fingerprint density at radius 1 is 1.29 bits per heavy atom. The van der Waals surface area contributed by atoms with Crippen LogP contribution < -0.4 is 0 Å². The Bertz CT molecular complexity index is 512. The third-order valence-corrected chi connectivity index (χ3v) is 5.20. The van der Waals surface area contributed by atoms with Gasteiger partial charge in [0.15, 0.2) is 5.16 Å². The van der Waals surface area contributed by atoms with Gasteiger partial charge in [0.05, 0.1) is 0 Å². The molecule has 3 nitrogen and oxygen atoms in total. The third-order valence-electron chi connectivity index (χ3n) is 2.83. The Kier molecular flexibility index (Phi) is 3.20. The van der Waals surface area contributed by atoms with Gasteiger partial charge in [-0.2, -0.15) is 0 Å². The first-order chi connectivity index (χ1) is 8.36. The van der Waals surface area contributed by atoms with Crippen molar-refractivity contribution in [3.63, 3.8) is 0 Å². The van der Waals surface area contributed by atoms with E-state index in [1.165, 1.54) is 5.56 Å². The molecule has 1 aliphatic heterocycles. The maximum Gasteiger partial charge on any atom is 0.191 e. The monoisotopic (exact) mass is 309 g/mol. The summed E-state index contributed by atoms with van der Waals surface area (Å²) in [6, 6.07) is 10.4. The lowest BCUT2D eigenvalue weighted by molar-refractivity contribution is 0.643. The van der Waals surface area contributed by atoms with Crippen LogP contribution in [0.4, 0.5) is 0 Å². The van der Waals surface area contributed by atoms with Gasteiger partial charge in [0.2, 0.25) is 0 Å². The van der Waals surface area contributed by atoms with E-state index >= 15 is 0 Å². The van der Waals surface area contributed by atoms with Crippen LogP contribution in [0, 0.1) is 0 Å². The Balaban J connectivity index is 1.82. The lowest BCUT2D eigenvalue weighted by Gasteiger charge is -2.04. The van der Waals surface area contributed by atoms with E-state index in [0.717, 1.165) is 29.3 Å². The summed E-state index contributed by atoms with van der Waals surface area (Å²) >= 11 is 5.34. The van der Waals surface area contributed by atoms with Crippen molar-refractivity contribution < 1.29 is 0 Å². The van der Waals surface area contributed by atoms with Crippen LogP contribution in [0.3, 0.4) is 0 Å². The molecule has 2 heterocycles. The number of rotatable bonds is 3. The lowest BCUT2D eigenvalue weighted by atomic mass is 10.1. The summed E-state index contributed by atoms with van der Waals surface area (Å²) in [5.41, 5.74) is 1.29. The molecule has 1 aliphatic rings. The zero-order valence-corrected chi connectivity index (χ0v) is 11.6. The van der Waals surface area contributed by atoms with Crippen molar-refractivity contribution >= 4 is 27.7 Å². The SMILES string of the molecule is BrC[C@H]1Cn2c(Cc3ccccc3)nnc2S1. The van der Waals surface area contributed by atoms with E-state index in [1.54, 1.807) is 0 Å². The maximum atomic E-state index is 4.28. The van der Waals surface area contributed by atoms with Crippen LogP contribution >= 0.6 is 27.7 Å². The maximum absolute atomic E-state index is 4.28. The molecule has 0 N–H and O–H groups in total. The topological polar surface area (TPSA) is 30.7 Å². The van der Waals surface area contributed by atoms with Crippen molar-refractivity contribution in [3.8, 4) is 0 Å². The molecule has 0 bridgehead atoms. The summed E-state index contributed by atoms with van der Waals surface area (Å²) in [7, 11) is 0. The number of benzene rings is 1. The molecule has 2 aromatic rings. The van der Waals surface area contributed by atoms with Crippen LogP contribution in [0.2, 0.25) is 0 Å². The normalized spacial score (nSPS) is 18.3. The molecule has 0 unspecified atom stereocenters. The fraction of sp³-hybridized carbons (Fsp3) is 0.333. The minimum Gasteiger partial charge on any atom is -0.305 e. The van der Waals surface area contributed by atoms with E-state index in [0.29, 0.717) is 5.25 Å². The van der Waals surface area contributed by atoms with E-state index < -0.39 is 0 Å². The second-order valence-corrected chi connectivity index (χ2v) is 5.98. The third kappa shape index (κ3) is 2.26. The first kappa shape index (κ1) is 11.3. The Labute approximate surface area is 113 Å². The molecule has 17 heavy (non-hydrogen) atoms. The minimum absolute atomic E-state index is 0.593.